The molecule has 0 atom stereocenters. The Balaban J connectivity index is 1.65. The summed E-state index contributed by atoms with van der Waals surface area (Å²) in [4.78, 5) is 23.9. The zero-order valence-electron chi connectivity index (χ0n) is 13.3. The van der Waals surface area contributed by atoms with Crippen LogP contribution in [0.1, 0.15) is 31.2 Å². The zero-order chi connectivity index (χ0) is 15.7. The molecular weight excluding hydrogens is 278 g/mol. The predicted octanol–water partition coefficient (Wildman–Crippen LogP) is 1.73. The number of hydrogen-bond donors (Lipinski definition) is 1. The molecule has 1 aromatic heterocycles. The van der Waals surface area contributed by atoms with E-state index in [-0.39, 0.29) is 17.5 Å². The van der Waals surface area contributed by atoms with E-state index in [0.717, 1.165) is 35.9 Å². The van der Waals surface area contributed by atoms with Gasteiger partial charge in [0.2, 0.25) is 5.91 Å². The summed E-state index contributed by atoms with van der Waals surface area (Å²) in [6, 6.07) is 6.05. The van der Waals surface area contributed by atoms with Gasteiger partial charge in [-0.1, -0.05) is 18.9 Å². The molecule has 1 aliphatic carbocycles. The summed E-state index contributed by atoms with van der Waals surface area (Å²) in [7, 11) is 3.57. The molecule has 1 amide bonds. The summed E-state index contributed by atoms with van der Waals surface area (Å²) in [5.41, 5.74) is 3.00. The van der Waals surface area contributed by atoms with Gasteiger partial charge in [-0.05, 0) is 37.0 Å². The molecule has 1 saturated carbocycles. The first-order valence-corrected chi connectivity index (χ1v) is 8.00. The second kappa shape index (κ2) is 5.99. The van der Waals surface area contributed by atoms with E-state index in [1.807, 2.05) is 18.2 Å². The summed E-state index contributed by atoms with van der Waals surface area (Å²) in [5.74, 6) is 0.420. The van der Waals surface area contributed by atoms with E-state index in [9.17, 15) is 9.59 Å². The van der Waals surface area contributed by atoms with Crippen LogP contribution in [0, 0.1) is 5.92 Å². The number of aryl methyl sites for hydroxylation is 2. The van der Waals surface area contributed by atoms with Gasteiger partial charge in [-0.25, -0.2) is 4.79 Å². The van der Waals surface area contributed by atoms with Crippen LogP contribution in [0.15, 0.2) is 23.0 Å². The molecule has 1 heterocycles. The van der Waals surface area contributed by atoms with E-state index in [4.69, 9.17) is 0 Å². The second-order valence-electron chi connectivity index (χ2n) is 6.25. The molecule has 1 fully saturated rings. The normalized spacial score (nSPS) is 15.5. The maximum Gasteiger partial charge on any atom is 0.328 e. The van der Waals surface area contributed by atoms with Gasteiger partial charge in [-0.2, -0.15) is 0 Å². The highest BCUT2D eigenvalue weighted by Gasteiger charge is 2.21. The third kappa shape index (κ3) is 2.67. The van der Waals surface area contributed by atoms with E-state index in [1.54, 1.807) is 23.2 Å². The van der Waals surface area contributed by atoms with Gasteiger partial charge < -0.3 is 5.32 Å². The van der Waals surface area contributed by atoms with E-state index in [2.05, 4.69) is 5.32 Å². The number of rotatable bonds is 4. The summed E-state index contributed by atoms with van der Waals surface area (Å²) in [5, 5.41) is 3.04. The van der Waals surface area contributed by atoms with Crippen LogP contribution in [0.25, 0.3) is 11.0 Å². The van der Waals surface area contributed by atoms with Crippen molar-refractivity contribution < 1.29 is 4.79 Å². The van der Waals surface area contributed by atoms with Crippen molar-refractivity contribution in [2.45, 2.75) is 32.1 Å². The maximum absolute atomic E-state index is 12.0. The average molecular weight is 301 g/mol. The number of hydrogen-bond acceptors (Lipinski definition) is 2. The Morgan fingerprint density at radius 3 is 2.59 bits per heavy atom. The topological polar surface area (TPSA) is 56.0 Å². The molecule has 0 bridgehead atoms. The van der Waals surface area contributed by atoms with Gasteiger partial charge in [-0.3, -0.25) is 13.9 Å². The first-order chi connectivity index (χ1) is 10.6. The molecule has 5 nitrogen and oxygen atoms in total. The highest BCUT2D eigenvalue weighted by molar-refractivity contribution is 5.79. The Morgan fingerprint density at radius 1 is 1.18 bits per heavy atom. The van der Waals surface area contributed by atoms with Crippen molar-refractivity contribution in [3.8, 4) is 0 Å². The molecule has 1 N–H and O–H groups in total. The summed E-state index contributed by atoms with van der Waals surface area (Å²) in [6.07, 6.45) is 5.21. The number of fused-ring (bicyclic) bond motifs is 1. The molecule has 2 aromatic rings. The van der Waals surface area contributed by atoms with Crippen LogP contribution in [-0.2, 0) is 25.3 Å². The fraction of sp³-hybridized carbons (Fsp3) is 0.529. The Bertz CT molecular complexity index is 751. The fourth-order valence-corrected chi connectivity index (χ4v) is 3.37. The van der Waals surface area contributed by atoms with Crippen molar-refractivity contribution in [1.82, 2.24) is 14.5 Å². The number of amides is 1. The number of nitrogens with one attached hydrogen (secondary N) is 1. The van der Waals surface area contributed by atoms with Gasteiger partial charge in [0.25, 0.3) is 0 Å². The van der Waals surface area contributed by atoms with Crippen molar-refractivity contribution in [2.75, 3.05) is 6.54 Å². The number of nitrogens with zero attached hydrogens (tertiary/aromatic N) is 2. The van der Waals surface area contributed by atoms with E-state index >= 15 is 0 Å². The van der Waals surface area contributed by atoms with Crippen LogP contribution in [0.4, 0.5) is 0 Å². The molecule has 0 aliphatic heterocycles. The molecule has 118 valence electrons. The molecule has 5 heteroatoms. The van der Waals surface area contributed by atoms with Gasteiger partial charge in [0, 0.05) is 26.6 Å². The monoisotopic (exact) mass is 301 g/mol. The van der Waals surface area contributed by atoms with Crippen molar-refractivity contribution in [1.29, 1.82) is 0 Å². The lowest BCUT2D eigenvalue weighted by Crippen LogP contribution is -2.30. The van der Waals surface area contributed by atoms with Crippen LogP contribution in [-0.4, -0.2) is 21.6 Å². The molecule has 22 heavy (non-hydrogen) atoms. The Morgan fingerprint density at radius 2 is 1.86 bits per heavy atom. The lowest BCUT2D eigenvalue weighted by Gasteiger charge is -2.10. The minimum Gasteiger partial charge on any atom is -0.356 e. The van der Waals surface area contributed by atoms with Gasteiger partial charge >= 0.3 is 5.69 Å². The molecule has 0 radical (unpaired) electrons. The van der Waals surface area contributed by atoms with E-state index in [0.29, 0.717) is 6.54 Å². The van der Waals surface area contributed by atoms with E-state index < -0.39 is 0 Å². The Kier molecular flexibility index (Phi) is 4.05. The number of carbonyl (C=O) groups is 1. The zero-order valence-corrected chi connectivity index (χ0v) is 13.3. The summed E-state index contributed by atoms with van der Waals surface area (Å²) < 4.78 is 3.32. The first-order valence-electron chi connectivity index (χ1n) is 8.00. The molecule has 0 unspecified atom stereocenters. The average Bonchev–Trinajstić information content (AvgIpc) is 3.12. The van der Waals surface area contributed by atoms with Crippen LogP contribution < -0.4 is 11.0 Å². The number of carbonyl (C=O) groups excluding carboxylic acids is 1. The fourth-order valence-electron chi connectivity index (χ4n) is 3.37. The maximum atomic E-state index is 12.0. The highest BCUT2D eigenvalue weighted by atomic mass is 16.2. The standard InChI is InChI=1S/C17H23N3O2/c1-19-14-8-7-12(11-15(14)20(2)17(19)22)9-10-18-16(21)13-5-3-4-6-13/h7-8,11,13H,3-6,9-10H2,1-2H3,(H,18,21). The van der Waals surface area contributed by atoms with Crippen molar-refractivity contribution in [3.63, 3.8) is 0 Å². The van der Waals surface area contributed by atoms with E-state index in [1.165, 1.54) is 12.8 Å². The molecule has 1 aromatic carbocycles. The largest absolute Gasteiger partial charge is 0.356 e. The molecular formula is C17H23N3O2. The smallest absolute Gasteiger partial charge is 0.328 e. The molecule has 0 saturated heterocycles. The third-order valence-corrected chi connectivity index (χ3v) is 4.78. The van der Waals surface area contributed by atoms with Gasteiger partial charge in [-0.15, -0.1) is 0 Å². The van der Waals surface area contributed by atoms with Crippen molar-refractivity contribution in [3.05, 3.63) is 34.2 Å². The van der Waals surface area contributed by atoms with Crippen LogP contribution in [0.5, 0.6) is 0 Å². The first kappa shape index (κ1) is 14.9. The Hall–Kier alpha value is -2.04. The van der Waals surface area contributed by atoms with Gasteiger partial charge in [0.1, 0.15) is 0 Å². The predicted molar refractivity (Wildman–Crippen MR) is 86.8 cm³/mol. The van der Waals surface area contributed by atoms with Gasteiger partial charge in [0.15, 0.2) is 0 Å². The minimum atomic E-state index is -0.0123. The third-order valence-electron chi connectivity index (χ3n) is 4.78. The Labute approximate surface area is 129 Å². The van der Waals surface area contributed by atoms with Crippen LogP contribution in [0.3, 0.4) is 0 Å². The van der Waals surface area contributed by atoms with Crippen LogP contribution >= 0.6 is 0 Å². The summed E-state index contributed by atoms with van der Waals surface area (Å²) >= 11 is 0. The highest BCUT2D eigenvalue weighted by Crippen LogP contribution is 2.24. The molecule has 0 spiro atoms. The number of aromatic nitrogens is 2. The summed E-state index contributed by atoms with van der Waals surface area (Å²) in [6.45, 7) is 0.654. The van der Waals surface area contributed by atoms with Crippen molar-refractivity contribution >= 4 is 16.9 Å². The van der Waals surface area contributed by atoms with Crippen molar-refractivity contribution in [2.24, 2.45) is 20.0 Å². The van der Waals surface area contributed by atoms with Crippen LogP contribution in [0.2, 0.25) is 0 Å². The lowest BCUT2D eigenvalue weighted by molar-refractivity contribution is -0.124. The molecule has 1 aliphatic rings. The minimum absolute atomic E-state index is 0.0123. The second-order valence-corrected chi connectivity index (χ2v) is 6.25. The number of imidazole rings is 1. The number of benzene rings is 1. The lowest BCUT2D eigenvalue weighted by atomic mass is 10.1. The SMILES string of the molecule is Cn1c(=O)n(C)c2cc(CCNC(=O)C3CCCC3)ccc21. The van der Waals surface area contributed by atoms with Gasteiger partial charge in [0.05, 0.1) is 11.0 Å². The quantitative estimate of drug-likeness (QED) is 0.935. The molecule has 3 rings (SSSR count).